The van der Waals surface area contributed by atoms with Crippen LogP contribution in [-0.2, 0) is 15.9 Å². The van der Waals surface area contributed by atoms with Crippen molar-refractivity contribution in [1.29, 1.82) is 5.26 Å². The Balaban J connectivity index is 1.40. The Morgan fingerprint density at radius 3 is 2.45 bits per heavy atom. The lowest BCUT2D eigenvalue weighted by Crippen LogP contribution is -2.33. The number of nitriles is 1. The minimum atomic E-state index is -1.21. The van der Waals surface area contributed by atoms with Gasteiger partial charge in [-0.25, -0.2) is 0 Å². The summed E-state index contributed by atoms with van der Waals surface area (Å²) < 4.78 is 13.7. The maximum Gasteiger partial charge on any atom is 0.205 e. The van der Waals surface area contributed by atoms with E-state index in [2.05, 4.69) is 6.07 Å². The molecule has 1 unspecified atom stereocenters. The Kier molecular flexibility index (Phi) is 5.28. The van der Waals surface area contributed by atoms with Gasteiger partial charge in [-0.05, 0) is 50.2 Å². The highest BCUT2D eigenvalue weighted by Gasteiger charge is 2.66. The number of hydrogen-bond donors (Lipinski definition) is 3. The zero-order valence-corrected chi connectivity index (χ0v) is 20.9. The largest absolute Gasteiger partial charge is 0.494 e. The fourth-order valence-corrected chi connectivity index (χ4v) is 6.04. The molecule has 0 amide bonds. The van der Waals surface area contributed by atoms with Gasteiger partial charge in [-0.1, -0.05) is 24.3 Å². The van der Waals surface area contributed by atoms with Gasteiger partial charge in [0.25, 0.3) is 0 Å². The average Bonchev–Trinajstić information content (AvgIpc) is 3.44. The maximum absolute atomic E-state index is 11.6. The first-order valence-electron chi connectivity index (χ1n) is 12.4. The summed E-state index contributed by atoms with van der Waals surface area (Å²) in [6.07, 6.45) is -0.357. The molecule has 2 aliphatic heterocycles. The van der Waals surface area contributed by atoms with Crippen LogP contribution in [0.15, 0.2) is 60.7 Å². The molecule has 0 radical (unpaired) electrons. The monoisotopic (exact) mass is 510 g/mol. The predicted molar refractivity (Wildman–Crippen MR) is 139 cm³/mol. The summed E-state index contributed by atoms with van der Waals surface area (Å²) in [7, 11) is 0. The second-order valence-corrected chi connectivity index (χ2v) is 10.1. The summed E-state index contributed by atoms with van der Waals surface area (Å²) in [6.45, 7) is 3.43. The molecule has 2 bridgehead atoms. The van der Waals surface area contributed by atoms with E-state index in [4.69, 9.17) is 9.47 Å². The van der Waals surface area contributed by atoms with Gasteiger partial charge in [0.15, 0.2) is 5.78 Å². The molecule has 3 atom stereocenters. The highest BCUT2D eigenvalue weighted by molar-refractivity contribution is 5.95. The maximum atomic E-state index is 11.6. The van der Waals surface area contributed by atoms with Crippen molar-refractivity contribution in [3.63, 3.8) is 0 Å². The van der Waals surface area contributed by atoms with Crippen molar-refractivity contribution in [2.45, 2.75) is 44.0 Å². The van der Waals surface area contributed by atoms with Crippen molar-refractivity contribution < 1.29 is 29.6 Å². The number of Topliss-reactive ketones (excluding diaryl/α,β-unsaturated/α-hetero) is 1. The molecule has 0 aliphatic carbocycles. The fraction of sp³-hybridized carbons (Fsp3) is 0.267. The van der Waals surface area contributed by atoms with E-state index in [9.17, 15) is 25.4 Å². The SMILES string of the molecule is CC(=O)c1ccc(OCC[C@]23CC(O)[C@](C)(O2)c2c3c(O)n(-c3ccc(C#N)c4ccccc34)c2O)cc1. The van der Waals surface area contributed by atoms with Gasteiger partial charge in [0.1, 0.15) is 17.0 Å². The van der Waals surface area contributed by atoms with Crippen molar-refractivity contribution >= 4 is 16.6 Å². The van der Waals surface area contributed by atoms with Crippen molar-refractivity contribution in [3.05, 3.63) is 82.9 Å². The summed E-state index contributed by atoms with van der Waals surface area (Å²) >= 11 is 0. The van der Waals surface area contributed by atoms with Crippen LogP contribution in [0.4, 0.5) is 0 Å². The first kappa shape index (κ1) is 24.0. The Bertz CT molecular complexity index is 1650. The summed E-state index contributed by atoms with van der Waals surface area (Å²) in [5.74, 6) is 0.168. The highest BCUT2D eigenvalue weighted by Crippen LogP contribution is 2.65. The fourth-order valence-electron chi connectivity index (χ4n) is 6.04. The molecule has 3 heterocycles. The van der Waals surface area contributed by atoms with Crippen LogP contribution < -0.4 is 4.74 Å². The van der Waals surface area contributed by atoms with Gasteiger partial charge in [-0.15, -0.1) is 0 Å². The number of rotatable bonds is 6. The number of aromatic hydroxyl groups is 2. The number of nitrogens with zero attached hydrogens (tertiary/aromatic N) is 2. The quantitative estimate of drug-likeness (QED) is 0.319. The van der Waals surface area contributed by atoms with Crippen LogP contribution >= 0.6 is 0 Å². The number of aromatic nitrogens is 1. The van der Waals surface area contributed by atoms with Gasteiger partial charge in [0, 0.05) is 29.2 Å². The van der Waals surface area contributed by atoms with Gasteiger partial charge >= 0.3 is 0 Å². The Hall–Kier alpha value is -4.32. The number of aliphatic hydroxyl groups excluding tert-OH is 1. The molecule has 6 rings (SSSR count). The number of ether oxygens (including phenoxy) is 2. The number of fused-ring (bicyclic) bond motifs is 6. The van der Waals surface area contributed by atoms with Crippen LogP contribution in [0.5, 0.6) is 17.5 Å². The second-order valence-electron chi connectivity index (χ2n) is 10.1. The molecule has 8 nitrogen and oxygen atoms in total. The number of benzene rings is 3. The second kappa shape index (κ2) is 8.35. The highest BCUT2D eigenvalue weighted by atomic mass is 16.6. The molecule has 4 aromatic rings. The Morgan fingerprint density at radius 1 is 1.08 bits per heavy atom. The van der Waals surface area contributed by atoms with E-state index in [0.29, 0.717) is 50.9 Å². The van der Waals surface area contributed by atoms with E-state index in [-0.39, 0.29) is 30.6 Å². The number of aliphatic hydroxyl groups is 1. The van der Waals surface area contributed by atoms with Gasteiger partial charge in [0.2, 0.25) is 11.8 Å². The van der Waals surface area contributed by atoms with Crippen LogP contribution in [-0.4, -0.2) is 38.4 Å². The van der Waals surface area contributed by atoms with Gasteiger partial charge in [0.05, 0.1) is 41.2 Å². The molecule has 1 aromatic heterocycles. The summed E-state index contributed by atoms with van der Waals surface area (Å²) in [4.78, 5) is 11.5. The van der Waals surface area contributed by atoms with E-state index >= 15 is 0 Å². The summed E-state index contributed by atoms with van der Waals surface area (Å²) in [5, 5.41) is 44.9. The summed E-state index contributed by atoms with van der Waals surface area (Å²) in [6, 6.07) is 19.7. The lowest BCUT2D eigenvalue weighted by atomic mass is 9.76. The predicted octanol–water partition coefficient (Wildman–Crippen LogP) is 4.79. The van der Waals surface area contributed by atoms with Crippen LogP contribution in [0, 0.1) is 11.3 Å². The third kappa shape index (κ3) is 3.26. The van der Waals surface area contributed by atoms with Crippen molar-refractivity contribution in [2.24, 2.45) is 0 Å². The molecular weight excluding hydrogens is 484 g/mol. The van der Waals surface area contributed by atoms with Crippen molar-refractivity contribution in [3.8, 4) is 29.3 Å². The topological polar surface area (TPSA) is 125 Å². The van der Waals surface area contributed by atoms with E-state index in [1.165, 1.54) is 11.5 Å². The Labute approximate surface area is 218 Å². The normalized spacial score (nSPS) is 23.4. The van der Waals surface area contributed by atoms with Gasteiger partial charge < -0.3 is 24.8 Å². The third-order valence-corrected chi connectivity index (χ3v) is 7.94. The van der Waals surface area contributed by atoms with E-state index in [1.807, 2.05) is 24.3 Å². The van der Waals surface area contributed by atoms with Gasteiger partial charge in [-0.2, -0.15) is 5.26 Å². The molecule has 8 heteroatoms. The first-order chi connectivity index (χ1) is 18.2. The average molecular weight is 511 g/mol. The van der Waals surface area contributed by atoms with E-state index in [1.54, 1.807) is 43.3 Å². The molecule has 2 aliphatic rings. The van der Waals surface area contributed by atoms with Crippen LogP contribution in [0.2, 0.25) is 0 Å². The smallest absolute Gasteiger partial charge is 0.205 e. The minimum absolute atomic E-state index is 0.0311. The number of carbonyl (C=O) groups is 1. The first-order valence-corrected chi connectivity index (χ1v) is 12.4. The Morgan fingerprint density at radius 2 is 1.76 bits per heavy atom. The van der Waals surface area contributed by atoms with Crippen molar-refractivity contribution in [1.82, 2.24) is 4.57 Å². The molecular formula is C30H26N2O6. The van der Waals surface area contributed by atoms with Crippen LogP contribution in [0.25, 0.3) is 16.5 Å². The molecule has 192 valence electrons. The molecule has 38 heavy (non-hydrogen) atoms. The van der Waals surface area contributed by atoms with Crippen molar-refractivity contribution in [2.75, 3.05) is 6.61 Å². The minimum Gasteiger partial charge on any atom is -0.494 e. The number of ketones is 1. The lowest BCUT2D eigenvalue weighted by molar-refractivity contribution is -0.107. The molecule has 0 spiro atoms. The molecule has 1 saturated heterocycles. The number of carbonyl (C=O) groups excluding carboxylic acids is 1. The number of hydrogen-bond acceptors (Lipinski definition) is 7. The lowest BCUT2D eigenvalue weighted by Gasteiger charge is -2.26. The van der Waals surface area contributed by atoms with Gasteiger partial charge in [-0.3, -0.25) is 9.36 Å². The van der Waals surface area contributed by atoms with E-state index < -0.39 is 17.3 Å². The molecule has 1 fully saturated rings. The molecule has 3 aromatic carbocycles. The molecule has 0 saturated carbocycles. The zero-order valence-electron chi connectivity index (χ0n) is 20.9. The van der Waals surface area contributed by atoms with Crippen LogP contribution in [0.1, 0.15) is 53.7 Å². The molecule has 3 N–H and O–H groups in total. The zero-order chi connectivity index (χ0) is 26.8. The third-order valence-electron chi connectivity index (χ3n) is 7.94. The summed E-state index contributed by atoms with van der Waals surface area (Å²) in [5.41, 5.74) is 0.0922. The van der Waals surface area contributed by atoms with Crippen LogP contribution in [0.3, 0.4) is 0 Å². The van der Waals surface area contributed by atoms with E-state index in [0.717, 1.165) is 0 Å². The standard InChI is InChI=1S/C30H26N2O6/c1-17(33)18-7-10-20(11-8-18)37-14-13-30-15-24(34)29(2,38-30)25-26(30)28(36)32(27(25)35)23-12-9-19(16-31)21-5-3-4-6-22(21)23/h3-12,24,34-36H,13-15H2,1-2H3/t24?,29-,30+/m0/s1.